The minimum absolute atomic E-state index is 0. The highest BCUT2D eigenvalue weighted by Crippen LogP contribution is 2.07. The molecule has 0 aromatic carbocycles. The molecule has 1 aliphatic rings. The van der Waals surface area contributed by atoms with Crippen molar-refractivity contribution in [2.24, 2.45) is 4.99 Å². The normalized spacial score (nSPS) is 16.3. The van der Waals surface area contributed by atoms with Gasteiger partial charge in [0.1, 0.15) is 6.26 Å². The van der Waals surface area contributed by atoms with Crippen LogP contribution in [0.25, 0.3) is 0 Å². The monoisotopic (exact) mass is 435 g/mol. The van der Waals surface area contributed by atoms with Gasteiger partial charge in [0.25, 0.3) is 0 Å². The largest absolute Gasteiger partial charge is 0.364 e. The van der Waals surface area contributed by atoms with Crippen molar-refractivity contribution in [2.45, 2.75) is 39.7 Å². The summed E-state index contributed by atoms with van der Waals surface area (Å²) in [7, 11) is 0. The SMILES string of the molecule is CCCCCN=C(NCC)N1CCN(Cc2ccon2)CC1.I. The zero-order valence-electron chi connectivity index (χ0n) is 14.3. The Morgan fingerprint density at radius 1 is 1.26 bits per heavy atom. The summed E-state index contributed by atoms with van der Waals surface area (Å²) in [5.41, 5.74) is 1.01. The molecule has 1 aromatic rings. The van der Waals surface area contributed by atoms with Crippen molar-refractivity contribution >= 4 is 29.9 Å². The van der Waals surface area contributed by atoms with Crippen LogP contribution in [0.4, 0.5) is 0 Å². The van der Waals surface area contributed by atoms with Crippen LogP contribution in [0.3, 0.4) is 0 Å². The first-order valence-electron chi connectivity index (χ1n) is 8.48. The van der Waals surface area contributed by atoms with Gasteiger partial charge in [-0.2, -0.15) is 0 Å². The van der Waals surface area contributed by atoms with E-state index in [9.17, 15) is 0 Å². The minimum Gasteiger partial charge on any atom is -0.364 e. The maximum absolute atomic E-state index is 4.90. The summed E-state index contributed by atoms with van der Waals surface area (Å²) in [5.74, 6) is 1.07. The quantitative estimate of drug-likeness (QED) is 0.309. The molecular formula is C16H30IN5O. The van der Waals surface area contributed by atoms with E-state index in [0.717, 1.165) is 57.5 Å². The lowest BCUT2D eigenvalue weighted by Crippen LogP contribution is -2.52. The maximum Gasteiger partial charge on any atom is 0.194 e. The van der Waals surface area contributed by atoms with Crippen molar-refractivity contribution in [3.8, 4) is 0 Å². The van der Waals surface area contributed by atoms with Crippen LogP contribution in [0, 0.1) is 0 Å². The lowest BCUT2D eigenvalue weighted by Gasteiger charge is -2.36. The third-order valence-corrected chi connectivity index (χ3v) is 3.91. The molecular weight excluding hydrogens is 405 g/mol. The number of halogens is 1. The molecule has 0 amide bonds. The number of nitrogens with one attached hydrogen (secondary N) is 1. The highest BCUT2D eigenvalue weighted by molar-refractivity contribution is 14.0. The van der Waals surface area contributed by atoms with E-state index in [1.807, 2.05) is 6.07 Å². The molecule has 0 saturated carbocycles. The van der Waals surface area contributed by atoms with Gasteiger partial charge in [-0.1, -0.05) is 24.9 Å². The number of unbranched alkanes of at least 4 members (excludes halogenated alkanes) is 2. The van der Waals surface area contributed by atoms with Crippen molar-refractivity contribution in [1.82, 2.24) is 20.3 Å². The van der Waals surface area contributed by atoms with E-state index >= 15 is 0 Å². The number of piperazine rings is 1. The molecule has 23 heavy (non-hydrogen) atoms. The lowest BCUT2D eigenvalue weighted by molar-refractivity contribution is 0.169. The number of guanidine groups is 1. The highest BCUT2D eigenvalue weighted by Gasteiger charge is 2.20. The topological polar surface area (TPSA) is 56.9 Å². The van der Waals surface area contributed by atoms with Gasteiger partial charge in [-0.15, -0.1) is 24.0 Å². The molecule has 1 aromatic heterocycles. The summed E-state index contributed by atoms with van der Waals surface area (Å²) in [6.45, 7) is 11.2. The van der Waals surface area contributed by atoms with Crippen molar-refractivity contribution in [1.29, 1.82) is 0 Å². The minimum atomic E-state index is 0. The van der Waals surface area contributed by atoms with Gasteiger partial charge in [0.05, 0.1) is 5.69 Å². The molecule has 7 heteroatoms. The predicted octanol–water partition coefficient (Wildman–Crippen LogP) is 2.57. The Bertz CT molecular complexity index is 430. The Kier molecular flexibility index (Phi) is 10.3. The summed E-state index contributed by atoms with van der Waals surface area (Å²) in [6, 6.07) is 1.94. The highest BCUT2D eigenvalue weighted by atomic mass is 127. The van der Waals surface area contributed by atoms with Gasteiger partial charge in [-0.05, 0) is 13.3 Å². The summed E-state index contributed by atoms with van der Waals surface area (Å²) < 4.78 is 4.90. The number of rotatable bonds is 7. The Labute approximate surface area is 156 Å². The summed E-state index contributed by atoms with van der Waals surface area (Å²) >= 11 is 0. The Morgan fingerprint density at radius 2 is 2.04 bits per heavy atom. The van der Waals surface area contributed by atoms with E-state index in [-0.39, 0.29) is 24.0 Å². The van der Waals surface area contributed by atoms with Gasteiger partial charge in [-0.3, -0.25) is 9.89 Å². The van der Waals surface area contributed by atoms with Crippen molar-refractivity contribution in [3.63, 3.8) is 0 Å². The number of hydrogen-bond donors (Lipinski definition) is 1. The second-order valence-electron chi connectivity index (χ2n) is 5.70. The van der Waals surface area contributed by atoms with Gasteiger partial charge in [0.15, 0.2) is 5.96 Å². The van der Waals surface area contributed by atoms with E-state index in [1.54, 1.807) is 6.26 Å². The molecule has 0 radical (unpaired) electrons. The van der Waals surface area contributed by atoms with Crippen LogP contribution in [0.5, 0.6) is 0 Å². The lowest BCUT2D eigenvalue weighted by atomic mass is 10.2. The molecule has 1 saturated heterocycles. The van der Waals surface area contributed by atoms with Crippen LogP contribution < -0.4 is 5.32 Å². The molecule has 0 unspecified atom stereocenters. The van der Waals surface area contributed by atoms with E-state index in [4.69, 9.17) is 9.52 Å². The molecule has 1 N–H and O–H groups in total. The zero-order chi connectivity index (χ0) is 15.6. The van der Waals surface area contributed by atoms with Crippen molar-refractivity contribution in [3.05, 3.63) is 18.0 Å². The molecule has 0 spiro atoms. The molecule has 6 nitrogen and oxygen atoms in total. The maximum atomic E-state index is 4.90. The second kappa shape index (κ2) is 11.7. The molecule has 2 heterocycles. The van der Waals surface area contributed by atoms with Crippen LogP contribution in [0.15, 0.2) is 21.8 Å². The third kappa shape index (κ3) is 7.07. The van der Waals surface area contributed by atoms with Crippen molar-refractivity contribution in [2.75, 3.05) is 39.3 Å². The van der Waals surface area contributed by atoms with E-state index in [0.29, 0.717) is 0 Å². The summed E-state index contributed by atoms with van der Waals surface area (Å²) in [6.07, 6.45) is 5.32. The second-order valence-corrected chi connectivity index (χ2v) is 5.70. The zero-order valence-corrected chi connectivity index (χ0v) is 16.7. The van der Waals surface area contributed by atoms with Crippen LogP contribution in [-0.2, 0) is 6.54 Å². The predicted molar refractivity (Wildman–Crippen MR) is 104 cm³/mol. The summed E-state index contributed by atoms with van der Waals surface area (Å²) in [5, 5.41) is 7.41. The average molecular weight is 435 g/mol. The molecule has 0 atom stereocenters. The first-order chi connectivity index (χ1) is 10.8. The van der Waals surface area contributed by atoms with Gasteiger partial charge in [-0.25, -0.2) is 0 Å². The summed E-state index contributed by atoms with van der Waals surface area (Å²) in [4.78, 5) is 9.54. The fourth-order valence-corrected chi connectivity index (χ4v) is 2.64. The Balaban J connectivity index is 0.00000264. The van der Waals surface area contributed by atoms with Crippen LogP contribution in [0.2, 0.25) is 0 Å². The standard InChI is InChI=1S/C16H29N5O.HI/c1-3-5-6-8-18-16(17-4-2)21-11-9-20(10-12-21)14-15-7-13-22-19-15;/h7,13H,3-6,8-12,14H2,1-2H3,(H,17,18);1H. The van der Waals surface area contributed by atoms with Crippen LogP contribution >= 0.6 is 24.0 Å². The van der Waals surface area contributed by atoms with Gasteiger partial charge in [0.2, 0.25) is 0 Å². The Hall–Kier alpha value is -0.830. The van der Waals surface area contributed by atoms with Crippen LogP contribution in [-0.4, -0.2) is 60.2 Å². The number of nitrogens with zero attached hydrogens (tertiary/aromatic N) is 4. The number of aliphatic imine (C=N–C) groups is 1. The first-order valence-corrected chi connectivity index (χ1v) is 8.48. The van der Waals surface area contributed by atoms with Crippen LogP contribution in [0.1, 0.15) is 38.8 Å². The molecule has 132 valence electrons. The first kappa shape index (κ1) is 20.2. The van der Waals surface area contributed by atoms with Gasteiger partial charge >= 0.3 is 0 Å². The molecule has 1 aliphatic heterocycles. The van der Waals surface area contributed by atoms with E-state index < -0.39 is 0 Å². The third-order valence-electron chi connectivity index (χ3n) is 3.91. The van der Waals surface area contributed by atoms with Gasteiger partial charge in [0, 0.05) is 51.9 Å². The number of hydrogen-bond acceptors (Lipinski definition) is 4. The fourth-order valence-electron chi connectivity index (χ4n) is 2.64. The Morgan fingerprint density at radius 3 is 2.65 bits per heavy atom. The average Bonchev–Trinajstić information content (AvgIpc) is 3.04. The number of aromatic nitrogens is 1. The fraction of sp³-hybridized carbons (Fsp3) is 0.750. The van der Waals surface area contributed by atoms with Crippen molar-refractivity contribution < 1.29 is 4.52 Å². The molecule has 1 fully saturated rings. The smallest absolute Gasteiger partial charge is 0.194 e. The molecule has 2 rings (SSSR count). The van der Waals surface area contributed by atoms with E-state index in [1.165, 1.54) is 19.3 Å². The molecule has 0 aliphatic carbocycles. The van der Waals surface area contributed by atoms with E-state index in [2.05, 4.69) is 34.1 Å². The van der Waals surface area contributed by atoms with Gasteiger partial charge < -0.3 is 14.7 Å². The molecule has 0 bridgehead atoms.